The molecule has 1 N–H and O–H groups in total. The molecule has 0 bridgehead atoms. The van der Waals surface area contributed by atoms with Crippen LogP contribution in [0.1, 0.15) is 23.6 Å². The van der Waals surface area contributed by atoms with Gasteiger partial charge >= 0.3 is 0 Å². The fourth-order valence-corrected chi connectivity index (χ4v) is 3.59. The van der Waals surface area contributed by atoms with E-state index in [1.165, 1.54) is 0 Å². The summed E-state index contributed by atoms with van der Waals surface area (Å²) < 4.78 is 0. The zero-order valence-electron chi connectivity index (χ0n) is 17.1. The first-order valence-electron chi connectivity index (χ1n) is 10.1. The summed E-state index contributed by atoms with van der Waals surface area (Å²) in [6.07, 6.45) is 0.368. The smallest absolute Gasteiger partial charge is 0.227 e. The van der Waals surface area contributed by atoms with Gasteiger partial charge in [-0.3, -0.25) is 4.79 Å². The first-order valence-corrected chi connectivity index (χ1v) is 10.5. The zero-order valence-corrected chi connectivity index (χ0v) is 17.9. The third-order valence-electron chi connectivity index (χ3n) is 5.01. The van der Waals surface area contributed by atoms with Crippen molar-refractivity contribution in [2.24, 2.45) is 4.99 Å². The number of amides is 1. The van der Waals surface area contributed by atoms with E-state index in [9.17, 15) is 4.79 Å². The Bertz CT molecular complexity index is 927. The van der Waals surface area contributed by atoms with Crippen molar-refractivity contribution in [1.29, 1.82) is 5.26 Å². The molecule has 1 fully saturated rings. The molecular weight excluding hydrogens is 398 g/mol. The van der Waals surface area contributed by atoms with Gasteiger partial charge in [0.25, 0.3) is 0 Å². The summed E-state index contributed by atoms with van der Waals surface area (Å²) in [5.41, 5.74) is 2.64. The second kappa shape index (κ2) is 10.7. The number of piperazine rings is 1. The van der Waals surface area contributed by atoms with Crippen molar-refractivity contribution in [2.45, 2.75) is 19.9 Å². The molecule has 1 aliphatic heterocycles. The predicted molar refractivity (Wildman–Crippen MR) is 119 cm³/mol. The van der Waals surface area contributed by atoms with E-state index >= 15 is 0 Å². The highest BCUT2D eigenvalue weighted by Crippen LogP contribution is 2.13. The van der Waals surface area contributed by atoms with Gasteiger partial charge in [0, 0.05) is 37.7 Å². The van der Waals surface area contributed by atoms with Gasteiger partial charge < -0.3 is 15.1 Å². The van der Waals surface area contributed by atoms with E-state index in [1.54, 1.807) is 0 Å². The molecule has 1 heterocycles. The number of carbonyl (C=O) groups is 1. The molecular formula is C23H26ClN5O. The normalized spacial score (nSPS) is 14.4. The fraction of sp³-hybridized carbons (Fsp3) is 0.348. The molecule has 2 aromatic carbocycles. The van der Waals surface area contributed by atoms with Crippen LogP contribution >= 0.6 is 11.6 Å². The van der Waals surface area contributed by atoms with Gasteiger partial charge in [-0.05, 0) is 42.3 Å². The molecule has 1 amide bonds. The van der Waals surface area contributed by atoms with E-state index in [1.807, 2.05) is 60.4 Å². The monoisotopic (exact) mass is 423 g/mol. The van der Waals surface area contributed by atoms with Crippen molar-refractivity contribution < 1.29 is 4.79 Å². The average molecular weight is 424 g/mol. The van der Waals surface area contributed by atoms with Crippen molar-refractivity contribution in [3.63, 3.8) is 0 Å². The average Bonchev–Trinajstić information content (AvgIpc) is 2.77. The van der Waals surface area contributed by atoms with E-state index in [4.69, 9.17) is 21.9 Å². The van der Waals surface area contributed by atoms with Crippen LogP contribution in [0, 0.1) is 11.3 Å². The predicted octanol–water partition coefficient (Wildman–Crippen LogP) is 3.06. The number of rotatable bonds is 5. The minimum Gasteiger partial charge on any atom is -0.357 e. The second-order valence-electron chi connectivity index (χ2n) is 7.15. The lowest BCUT2D eigenvalue weighted by atomic mass is 10.1. The maximum Gasteiger partial charge on any atom is 0.227 e. The Morgan fingerprint density at radius 1 is 1.10 bits per heavy atom. The minimum absolute atomic E-state index is 0.122. The molecule has 0 radical (unpaired) electrons. The number of hydrogen-bond acceptors (Lipinski definition) is 3. The van der Waals surface area contributed by atoms with Crippen LogP contribution in [0.3, 0.4) is 0 Å². The second-order valence-corrected chi connectivity index (χ2v) is 7.59. The fourth-order valence-electron chi connectivity index (χ4n) is 3.38. The Morgan fingerprint density at radius 3 is 2.43 bits per heavy atom. The Kier molecular flexibility index (Phi) is 7.69. The number of hydrogen-bond donors (Lipinski definition) is 1. The van der Waals surface area contributed by atoms with E-state index in [2.05, 4.69) is 16.3 Å². The van der Waals surface area contributed by atoms with E-state index in [0.29, 0.717) is 36.6 Å². The van der Waals surface area contributed by atoms with Gasteiger partial charge in [-0.15, -0.1) is 0 Å². The molecule has 0 spiro atoms. The Hall–Kier alpha value is -3.04. The number of nitriles is 1. The summed E-state index contributed by atoms with van der Waals surface area (Å²) in [4.78, 5) is 21.5. The van der Waals surface area contributed by atoms with Crippen LogP contribution < -0.4 is 5.32 Å². The molecule has 156 valence electrons. The summed E-state index contributed by atoms with van der Waals surface area (Å²) in [5.74, 6) is 0.972. The number of carbonyl (C=O) groups excluding carboxylic acids is 1. The first-order chi connectivity index (χ1) is 14.6. The van der Waals surface area contributed by atoms with Crippen molar-refractivity contribution in [2.75, 3.05) is 32.7 Å². The molecule has 30 heavy (non-hydrogen) atoms. The highest BCUT2D eigenvalue weighted by atomic mass is 35.5. The van der Waals surface area contributed by atoms with Crippen LogP contribution in [0.5, 0.6) is 0 Å². The molecule has 0 atom stereocenters. The lowest BCUT2D eigenvalue weighted by Gasteiger charge is -2.36. The van der Waals surface area contributed by atoms with Crippen molar-refractivity contribution in [1.82, 2.24) is 15.1 Å². The van der Waals surface area contributed by atoms with Gasteiger partial charge in [0.1, 0.15) is 0 Å². The standard InChI is InChI=1S/C23H26ClN5O/c1-2-26-23(27-17-19-8-6-18(16-25)7-9-19)29-12-10-28(11-13-29)22(30)15-20-4-3-5-21(24)14-20/h3-9,14H,2,10-13,15,17H2,1H3,(H,26,27). The third-order valence-corrected chi connectivity index (χ3v) is 5.24. The molecule has 0 aliphatic carbocycles. The van der Waals surface area contributed by atoms with E-state index in [0.717, 1.165) is 36.7 Å². The minimum atomic E-state index is 0.122. The Balaban J connectivity index is 1.56. The highest BCUT2D eigenvalue weighted by Gasteiger charge is 2.23. The van der Waals surface area contributed by atoms with Crippen molar-refractivity contribution in [3.05, 3.63) is 70.2 Å². The Morgan fingerprint density at radius 2 is 1.80 bits per heavy atom. The van der Waals surface area contributed by atoms with Crippen molar-refractivity contribution >= 4 is 23.5 Å². The van der Waals surface area contributed by atoms with E-state index in [-0.39, 0.29) is 5.91 Å². The number of nitrogens with one attached hydrogen (secondary N) is 1. The van der Waals surface area contributed by atoms with Crippen molar-refractivity contribution in [3.8, 4) is 6.07 Å². The van der Waals surface area contributed by atoms with Crippen LogP contribution in [0.25, 0.3) is 0 Å². The number of halogens is 1. The van der Waals surface area contributed by atoms with Gasteiger partial charge in [0.15, 0.2) is 5.96 Å². The van der Waals surface area contributed by atoms with Gasteiger partial charge in [-0.1, -0.05) is 35.9 Å². The number of guanidine groups is 1. The number of nitrogens with zero attached hydrogens (tertiary/aromatic N) is 4. The highest BCUT2D eigenvalue weighted by molar-refractivity contribution is 6.30. The van der Waals surface area contributed by atoms with E-state index < -0.39 is 0 Å². The maximum atomic E-state index is 12.6. The lowest BCUT2D eigenvalue weighted by molar-refractivity contribution is -0.131. The SMILES string of the molecule is CCNC(=NCc1ccc(C#N)cc1)N1CCN(C(=O)Cc2cccc(Cl)c2)CC1. The van der Waals surface area contributed by atoms with Crippen LogP contribution in [0.4, 0.5) is 0 Å². The molecule has 7 heteroatoms. The van der Waals surface area contributed by atoms with Crippen LogP contribution in [-0.2, 0) is 17.8 Å². The van der Waals surface area contributed by atoms with Gasteiger partial charge in [-0.25, -0.2) is 4.99 Å². The first kappa shape index (κ1) is 21.7. The molecule has 0 saturated carbocycles. The van der Waals surface area contributed by atoms with Gasteiger partial charge in [0.2, 0.25) is 5.91 Å². The molecule has 1 saturated heterocycles. The van der Waals surface area contributed by atoms with Gasteiger partial charge in [0.05, 0.1) is 24.6 Å². The topological polar surface area (TPSA) is 71.7 Å². The molecule has 2 aromatic rings. The largest absolute Gasteiger partial charge is 0.357 e. The molecule has 0 unspecified atom stereocenters. The summed E-state index contributed by atoms with van der Waals surface area (Å²) in [6.45, 7) is 6.17. The number of benzene rings is 2. The van der Waals surface area contributed by atoms with Crippen LogP contribution in [0.2, 0.25) is 5.02 Å². The Labute approximate surface area is 182 Å². The number of aliphatic imine (C=N–C) groups is 1. The summed E-state index contributed by atoms with van der Waals surface area (Å²) in [5, 5.41) is 12.9. The molecule has 6 nitrogen and oxygen atoms in total. The summed E-state index contributed by atoms with van der Waals surface area (Å²) >= 11 is 6.02. The third kappa shape index (κ3) is 5.98. The molecule has 3 rings (SSSR count). The molecule has 1 aliphatic rings. The summed E-state index contributed by atoms with van der Waals surface area (Å²) in [7, 11) is 0. The van der Waals surface area contributed by atoms with Crippen LogP contribution in [0.15, 0.2) is 53.5 Å². The quantitative estimate of drug-likeness (QED) is 0.592. The van der Waals surface area contributed by atoms with Crippen LogP contribution in [-0.4, -0.2) is 54.4 Å². The summed E-state index contributed by atoms with van der Waals surface area (Å²) in [6, 6.07) is 17.1. The zero-order chi connectivity index (χ0) is 21.3. The molecule has 0 aromatic heterocycles. The lowest BCUT2D eigenvalue weighted by Crippen LogP contribution is -2.54. The van der Waals surface area contributed by atoms with Gasteiger partial charge in [-0.2, -0.15) is 5.26 Å². The maximum absolute atomic E-state index is 12.6.